The maximum Gasteiger partial charge on any atom is 0.128 e. The van der Waals surface area contributed by atoms with E-state index < -0.39 is 0 Å². The Morgan fingerprint density at radius 2 is 1.94 bits per heavy atom. The second kappa shape index (κ2) is 5.91. The first-order valence-electron chi connectivity index (χ1n) is 5.97. The highest BCUT2D eigenvalue weighted by Crippen LogP contribution is 2.25. The Hall–Kier alpha value is -1.48. The molecule has 0 aliphatic rings. The number of hydrogen-bond donors (Lipinski definition) is 1. The van der Waals surface area contributed by atoms with E-state index in [-0.39, 0.29) is 5.82 Å². The third-order valence-electron chi connectivity index (χ3n) is 2.81. The second-order valence-corrected chi connectivity index (χ2v) is 4.98. The zero-order valence-corrected chi connectivity index (χ0v) is 11.4. The van der Waals surface area contributed by atoms with Crippen molar-refractivity contribution in [2.75, 3.05) is 4.72 Å². The van der Waals surface area contributed by atoms with E-state index in [4.69, 9.17) is 0 Å². The molecule has 0 aliphatic carbocycles. The van der Waals surface area contributed by atoms with Gasteiger partial charge in [-0.05, 0) is 54.6 Å². The molecule has 1 nitrogen and oxygen atoms in total. The van der Waals surface area contributed by atoms with E-state index in [0.29, 0.717) is 0 Å². The van der Waals surface area contributed by atoms with Gasteiger partial charge in [0.25, 0.3) is 0 Å². The number of halogens is 1. The zero-order chi connectivity index (χ0) is 13.0. The Morgan fingerprint density at radius 3 is 2.61 bits per heavy atom. The predicted molar refractivity (Wildman–Crippen MR) is 76.4 cm³/mol. The molecule has 0 amide bonds. The second-order valence-electron chi connectivity index (χ2n) is 4.13. The van der Waals surface area contributed by atoms with Gasteiger partial charge in [0, 0.05) is 10.6 Å². The van der Waals surface area contributed by atoms with Gasteiger partial charge in [-0.25, -0.2) is 4.39 Å². The third kappa shape index (κ3) is 3.05. The monoisotopic (exact) mass is 261 g/mol. The molecule has 0 saturated heterocycles. The third-order valence-corrected chi connectivity index (χ3v) is 3.82. The van der Waals surface area contributed by atoms with Crippen LogP contribution in [0.3, 0.4) is 0 Å². The van der Waals surface area contributed by atoms with Gasteiger partial charge >= 0.3 is 0 Å². The molecule has 0 heterocycles. The van der Waals surface area contributed by atoms with Crippen molar-refractivity contribution in [3.8, 4) is 0 Å². The van der Waals surface area contributed by atoms with Crippen molar-refractivity contribution >= 4 is 17.6 Å². The van der Waals surface area contributed by atoms with Crippen molar-refractivity contribution in [1.82, 2.24) is 0 Å². The maximum absolute atomic E-state index is 13.6. The highest BCUT2D eigenvalue weighted by Gasteiger charge is 2.03. The fourth-order valence-corrected chi connectivity index (χ4v) is 2.41. The number of nitrogens with one attached hydrogen (secondary N) is 1. The molecule has 0 aromatic heterocycles. The van der Waals surface area contributed by atoms with Crippen molar-refractivity contribution in [1.29, 1.82) is 0 Å². The lowest BCUT2D eigenvalue weighted by atomic mass is 10.1. The number of anilines is 1. The maximum atomic E-state index is 13.6. The molecule has 0 fully saturated rings. The van der Waals surface area contributed by atoms with Crippen LogP contribution in [0.2, 0.25) is 0 Å². The average molecular weight is 261 g/mol. The van der Waals surface area contributed by atoms with Crippen molar-refractivity contribution in [3.63, 3.8) is 0 Å². The van der Waals surface area contributed by atoms with Gasteiger partial charge in [-0.2, -0.15) is 0 Å². The molecule has 0 bridgehead atoms. The molecule has 0 unspecified atom stereocenters. The SMILES string of the molecule is CCc1ccc(NSc2ccccc2C)cc1F. The molecule has 2 aromatic rings. The van der Waals surface area contributed by atoms with E-state index in [9.17, 15) is 4.39 Å². The summed E-state index contributed by atoms with van der Waals surface area (Å²) in [6.07, 6.45) is 0.719. The summed E-state index contributed by atoms with van der Waals surface area (Å²) >= 11 is 1.51. The van der Waals surface area contributed by atoms with E-state index >= 15 is 0 Å². The number of hydrogen-bond acceptors (Lipinski definition) is 2. The molecule has 0 radical (unpaired) electrons. The van der Waals surface area contributed by atoms with Crippen molar-refractivity contribution in [3.05, 3.63) is 59.4 Å². The molecular weight excluding hydrogens is 245 g/mol. The molecule has 0 aliphatic heterocycles. The van der Waals surface area contributed by atoms with Crippen LogP contribution in [0.15, 0.2) is 47.4 Å². The Kier molecular flexibility index (Phi) is 4.26. The molecule has 1 N–H and O–H groups in total. The van der Waals surface area contributed by atoms with Crippen molar-refractivity contribution in [2.24, 2.45) is 0 Å². The van der Waals surface area contributed by atoms with Gasteiger partial charge in [-0.15, -0.1) is 0 Å². The van der Waals surface area contributed by atoms with Crippen LogP contribution in [0, 0.1) is 12.7 Å². The molecule has 3 heteroatoms. The number of rotatable bonds is 4. The van der Waals surface area contributed by atoms with E-state index in [1.807, 2.05) is 37.3 Å². The predicted octanol–water partition coefficient (Wildman–Crippen LogP) is 4.82. The topological polar surface area (TPSA) is 12.0 Å². The highest BCUT2D eigenvalue weighted by molar-refractivity contribution is 8.00. The van der Waals surface area contributed by atoms with Crippen LogP contribution in [-0.2, 0) is 6.42 Å². The van der Waals surface area contributed by atoms with Gasteiger partial charge < -0.3 is 4.72 Å². The minimum atomic E-state index is -0.145. The average Bonchev–Trinajstić information content (AvgIpc) is 2.38. The molecule has 18 heavy (non-hydrogen) atoms. The van der Waals surface area contributed by atoms with Gasteiger partial charge in [0.1, 0.15) is 5.82 Å². The Labute approximate surface area is 112 Å². The summed E-state index contributed by atoms with van der Waals surface area (Å²) < 4.78 is 16.8. The Bertz CT molecular complexity index is 540. The quantitative estimate of drug-likeness (QED) is 0.792. The summed E-state index contributed by atoms with van der Waals surface area (Å²) in [6.45, 7) is 4.01. The fraction of sp³-hybridized carbons (Fsp3) is 0.200. The lowest BCUT2D eigenvalue weighted by Gasteiger charge is -2.08. The van der Waals surface area contributed by atoms with E-state index in [1.54, 1.807) is 6.07 Å². The van der Waals surface area contributed by atoms with Crippen LogP contribution in [0.1, 0.15) is 18.1 Å². The van der Waals surface area contributed by atoms with Gasteiger partial charge in [-0.1, -0.05) is 31.2 Å². The summed E-state index contributed by atoms with van der Waals surface area (Å²) in [5.41, 5.74) is 2.75. The van der Waals surface area contributed by atoms with Crippen molar-refractivity contribution < 1.29 is 4.39 Å². The van der Waals surface area contributed by atoms with Gasteiger partial charge in [0.2, 0.25) is 0 Å². The number of aryl methyl sites for hydroxylation is 2. The zero-order valence-electron chi connectivity index (χ0n) is 10.5. The standard InChI is InChI=1S/C15H16FNS/c1-3-12-8-9-13(10-14(12)16)17-18-15-7-5-4-6-11(15)2/h4-10,17H,3H2,1-2H3. The molecule has 2 aromatic carbocycles. The van der Waals surface area contributed by atoms with E-state index in [1.165, 1.54) is 17.5 Å². The fourth-order valence-electron chi connectivity index (χ4n) is 1.68. The molecule has 2 rings (SSSR count). The normalized spacial score (nSPS) is 10.4. The van der Waals surface area contributed by atoms with E-state index in [0.717, 1.165) is 22.6 Å². The van der Waals surface area contributed by atoms with Gasteiger partial charge in [0.15, 0.2) is 0 Å². The first-order valence-corrected chi connectivity index (χ1v) is 6.79. The first-order chi connectivity index (χ1) is 8.70. The van der Waals surface area contributed by atoms with Crippen LogP contribution in [-0.4, -0.2) is 0 Å². The minimum absolute atomic E-state index is 0.145. The van der Waals surface area contributed by atoms with Crippen LogP contribution in [0.5, 0.6) is 0 Å². The summed E-state index contributed by atoms with van der Waals surface area (Å²) in [4.78, 5) is 1.15. The molecule has 0 atom stereocenters. The Morgan fingerprint density at radius 1 is 1.17 bits per heavy atom. The minimum Gasteiger partial charge on any atom is -0.326 e. The summed E-state index contributed by atoms with van der Waals surface area (Å²) in [5, 5.41) is 0. The Balaban J connectivity index is 2.07. The summed E-state index contributed by atoms with van der Waals surface area (Å²) in [7, 11) is 0. The molecule has 0 saturated carbocycles. The van der Waals surface area contributed by atoms with Crippen LogP contribution >= 0.6 is 11.9 Å². The lowest BCUT2D eigenvalue weighted by molar-refractivity contribution is 0.613. The van der Waals surface area contributed by atoms with Crippen LogP contribution < -0.4 is 4.72 Å². The summed E-state index contributed by atoms with van der Waals surface area (Å²) in [6, 6.07) is 13.4. The van der Waals surface area contributed by atoms with Crippen LogP contribution in [0.25, 0.3) is 0 Å². The first kappa shape index (κ1) is 13.0. The van der Waals surface area contributed by atoms with Crippen LogP contribution in [0.4, 0.5) is 10.1 Å². The smallest absolute Gasteiger partial charge is 0.128 e. The largest absolute Gasteiger partial charge is 0.326 e. The van der Waals surface area contributed by atoms with E-state index in [2.05, 4.69) is 17.7 Å². The molecule has 94 valence electrons. The molecular formula is C15H16FNS. The number of benzene rings is 2. The van der Waals surface area contributed by atoms with Gasteiger partial charge in [0.05, 0.1) is 0 Å². The summed E-state index contributed by atoms with van der Waals surface area (Å²) in [5.74, 6) is -0.145. The lowest BCUT2D eigenvalue weighted by Crippen LogP contribution is -1.92. The molecule has 0 spiro atoms. The highest BCUT2D eigenvalue weighted by atomic mass is 32.2. The van der Waals surface area contributed by atoms with Gasteiger partial charge in [-0.3, -0.25) is 0 Å². The van der Waals surface area contributed by atoms with Crippen molar-refractivity contribution in [2.45, 2.75) is 25.2 Å².